The van der Waals surface area contributed by atoms with E-state index in [1.54, 1.807) is 42.5 Å². The summed E-state index contributed by atoms with van der Waals surface area (Å²) in [7, 11) is -1.52. The molecule has 0 bridgehead atoms. The first-order chi connectivity index (χ1) is 16.3. The van der Waals surface area contributed by atoms with Crippen molar-refractivity contribution < 1.29 is 22.7 Å². The highest BCUT2D eigenvalue weighted by molar-refractivity contribution is 7.89. The van der Waals surface area contributed by atoms with E-state index in [1.165, 1.54) is 4.31 Å². The zero-order chi connectivity index (χ0) is 24.6. The number of nitrogens with zero attached hydrogens (tertiary/aromatic N) is 2. The van der Waals surface area contributed by atoms with Crippen LogP contribution in [0.2, 0.25) is 0 Å². The van der Waals surface area contributed by atoms with Crippen molar-refractivity contribution in [1.29, 1.82) is 0 Å². The van der Waals surface area contributed by atoms with E-state index >= 15 is 0 Å². The second-order valence-corrected chi connectivity index (χ2v) is 10.3. The largest absolute Gasteiger partial charge is 0.490 e. The molecule has 0 aliphatic carbocycles. The number of carbonyl (C=O) groups is 1. The number of benzene rings is 2. The topological polar surface area (TPSA) is 88.2 Å². The minimum absolute atomic E-state index is 0.241. The first-order valence-electron chi connectivity index (χ1n) is 11.8. The second kappa shape index (κ2) is 12.2. The number of nitrogens with one attached hydrogen (secondary N) is 1. The van der Waals surface area contributed by atoms with Crippen molar-refractivity contribution in [2.24, 2.45) is 0 Å². The lowest BCUT2D eigenvalue weighted by Gasteiger charge is -2.31. The van der Waals surface area contributed by atoms with Crippen LogP contribution in [0.15, 0.2) is 47.4 Å². The van der Waals surface area contributed by atoms with Crippen LogP contribution in [0.3, 0.4) is 0 Å². The van der Waals surface area contributed by atoms with Gasteiger partial charge in [0.15, 0.2) is 11.5 Å². The van der Waals surface area contributed by atoms with E-state index < -0.39 is 10.0 Å². The van der Waals surface area contributed by atoms with Gasteiger partial charge in [-0.25, -0.2) is 8.42 Å². The van der Waals surface area contributed by atoms with Gasteiger partial charge in [-0.2, -0.15) is 4.31 Å². The van der Waals surface area contributed by atoms with Gasteiger partial charge in [0, 0.05) is 38.3 Å². The van der Waals surface area contributed by atoms with Gasteiger partial charge in [-0.3, -0.25) is 4.79 Å². The minimum Gasteiger partial charge on any atom is -0.490 e. The molecule has 0 aromatic heterocycles. The first kappa shape index (κ1) is 26.0. The number of ether oxygens (including phenoxy) is 2. The standard InChI is InChI=1S/C25H35N3O5S/c1-4-6-17-33-23-12-9-21(18-24(23)32-5-2)25(29)26-19-20-7-10-22(11-8-20)34(30,31)28-15-13-27(3)14-16-28/h7-12,18H,4-6,13-17,19H2,1-3H3,(H,26,29). The normalized spacial score (nSPS) is 15.1. The van der Waals surface area contributed by atoms with Gasteiger partial charge in [0.05, 0.1) is 18.1 Å². The summed E-state index contributed by atoms with van der Waals surface area (Å²) < 4.78 is 38.7. The predicted octanol–water partition coefficient (Wildman–Crippen LogP) is 3.13. The molecule has 1 heterocycles. The average Bonchev–Trinajstić information content (AvgIpc) is 2.84. The number of unbranched alkanes of at least 4 members (excludes halogenated alkanes) is 1. The summed E-state index contributed by atoms with van der Waals surface area (Å²) in [6, 6.07) is 11.8. The molecule has 1 aliphatic rings. The lowest BCUT2D eigenvalue weighted by molar-refractivity contribution is 0.0950. The summed E-state index contributed by atoms with van der Waals surface area (Å²) in [4.78, 5) is 15.1. The van der Waals surface area contributed by atoms with Crippen molar-refractivity contribution in [3.05, 3.63) is 53.6 Å². The van der Waals surface area contributed by atoms with E-state index in [0.29, 0.717) is 43.4 Å². The van der Waals surface area contributed by atoms with Crippen molar-refractivity contribution in [3.8, 4) is 11.5 Å². The summed E-state index contributed by atoms with van der Waals surface area (Å²) in [5, 5.41) is 2.88. The SMILES string of the molecule is CCCCOc1ccc(C(=O)NCc2ccc(S(=O)(=O)N3CCN(C)CC3)cc2)cc1OCC. The number of amides is 1. The zero-order valence-electron chi connectivity index (χ0n) is 20.2. The Hall–Kier alpha value is -2.62. The molecule has 3 rings (SSSR count). The molecule has 1 aliphatic heterocycles. The molecule has 9 heteroatoms. The van der Waals surface area contributed by atoms with Gasteiger partial charge in [0.2, 0.25) is 10.0 Å². The van der Waals surface area contributed by atoms with Crippen LogP contribution >= 0.6 is 0 Å². The maximum Gasteiger partial charge on any atom is 0.251 e. The molecule has 2 aromatic rings. The molecule has 0 spiro atoms. The van der Waals surface area contributed by atoms with E-state index in [9.17, 15) is 13.2 Å². The number of hydrogen-bond donors (Lipinski definition) is 1. The van der Waals surface area contributed by atoms with Gasteiger partial charge in [0.1, 0.15) is 0 Å². The fourth-order valence-electron chi connectivity index (χ4n) is 3.60. The molecule has 1 amide bonds. The molecule has 2 aromatic carbocycles. The summed E-state index contributed by atoms with van der Waals surface area (Å²) >= 11 is 0. The van der Waals surface area contributed by atoms with Crippen molar-refractivity contribution in [2.75, 3.05) is 46.4 Å². The Bertz CT molecular complexity index is 1050. The number of hydrogen-bond acceptors (Lipinski definition) is 6. The maximum absolute atomic E-state index is 12.9. The molecule has 0 unspecified atom stereocenters. The van der Waals surface area contributed by atoms with Gasteiger partial charge in [-0.05, 0) is 56.3 Å². The van der Waals surface area contributed by atoms with E-state index in [0.717, 1.165) is 31.5 Å². The van der Waals surface area contributed by atoms with Crippen LogP contribution in [0, 0.1) is 0 Å². The lowest BCUT2D eigenvalue weighted by atomic mass is 10.1. The number of piperazine rings is 1. The van der Waals surface area contributed by atoms with Crippen LogP contribution in [0.4, 0.5) is 0 Å². The second-order valence-electron chi connectivity index (χ2n) is 8.33. The van der Waals surface area contributed by atoms with Gasteiger partial charge >= 0.3 is 0 Å². The number of rotatable bonds is 11. The molecule has 8 nitrogen and oxygen atoms in total. The Morgan fingerprint density at radius 1 is 0.971 bits per heavy atom. The van der Waals surface area contributed by atoms with Crippen molar-refractivity contribution >= 4 is 15.9 Å². The molecule has 1 saturated heterocycles. The lowest BCUT2D eigenvalue weighted by Crippen LogP contribution is -2.47. The molecule has 0 saturated carbocycles. The maximum atomic E-state index is 12.9. The molecule has 186 valence electrons. The monoisotopic (exact) mass is 489 g/mol. The third-order valence-corrected chi connectivity index (χ3v) is 7.65. The van der Waals surface area contributed by atoms with Gasteiger partial charge in [0.25, 0.3) is 5.91 Å². The number of sulfonamides is 1. The predicted molar refractivity (Wildman–Crippen MR) is 132 cm³/mol. The van der Waals surface area contributed by atoms with E-state index in [-0.39, 0.29) is 17.3 Å². The van der Waals surface area contributed by atoms with Crippen LogP contribution in [0.1, 0.15) is 42.6 Å². The zero-order valence-corrected chi connectivity index (χ0v) is 21.1. The van der Waals surface area contributed by atoms with E-state index in [1.807, 2.05) is 14.0 Å². The molecule has 1 fully saturated rings. The quantitative estimate of drug-likeness (QED) is 0.488. The summed E-state index contributed by atoms with van der Waals surface area (Å²) in [5.41, 5.74) is 1.29. The van der Waals surface area contributed by atoms with Gasteiger partial charge < -0.3 is 19.7 Å². The van der Waals surface area contributed by atoms with Crippen molar-refractivity contribution in [1.82, 2.24) is 14.5 Å². The van der Waals surface area contributed by atoms with Crippen LogP contribution in [-0.4, -0.2) is 70.0 Å². The van der Waals surface area contributed by atoms with Gasteiger partial charge in [-0.15, -0.1) is 0 Å². The van der Waals surface area contributed by atoms with Crippen LogP contribution < -0.4 is 14.8 Å². The van der Waals surface area contributed by atoms with E-state index in [4.69, 9.17) is 9.47 Å². The molecule has 0 atom stereocenters. The average molecular weight is 490 g/mol. The summed E-state index contributed by atoms with van der Waals surface area (Å²) in [5.74, 6) is 0.934. The van der Waals surface area contributed by atoms with Crippen molar-refractivity contribution in [2.45, 2.75) is 38.1 Å². The fourth-order valence-corrected chi connectivity index (χ4v) is 5.03. The Labute approximate surface area is 202 Å². The molecular formula is C25H35N3O5S. The highest BCUT2D eigenvalue weighted by Gasteiger charge is 2.27. The molecule has 0 radical (unpaired) electrons. The third-order valence-electron chi connectivity index (χ3n) is 5.74. The van der Waals surface area contributed by atoms with Crippen LogP contribution in [-0.2, 0) is 16.6 Å². The molecular weight excluding hydrogens is 454 g/mol. The summed E-state index contributed by atoms with van der Waals surface area (Å²) in [6.07, 6.45) is 1.98. The number of carbonyl (C=O) groups excluding carboxylic acids is 1. The van der Waals surface area contributed by atoms with Gasteiger partial charge in [-0.1, -0.05) is 25.5 Å². The fraction of sp³-hybridized carbons (Fsp3) is 0.480. The minimum atomic E-state index is -3.51. The Kier molecular flexibility index (Phi) is 9.32. The third kappa shape index (κ3) is 6.71. The van der Waals surface area contributed by atoms with Crippen molar-refractivity contribution in [3.63, 3.8) is 0 Å². The van der Waals surface area contributed by atoms with Crippen LogP contribution in [0.5, 0.6) is 11.5 Å². The Balaban J connectivity index is 1.60. The Morgan fingerprint density at radius 3 is 2.32 bits per heavy atom. The smallest absolute Gasteiger partial charge is 0.251 e. The first-order valence-corrected chi connectivity index (χ1v) is 13.2. The highest BCUT2D eigenvalue weighted by atomic mass is 32.2. The Morgan fingerprint density at radius 2 is 1.68 bits per heavy atom. The highest BCUT2D eigenvalue weighted by Crippen LogP contribution is 2.29. The summed E-state index contributed by atoms with van der Waals surface area (Å²) in [6.45, 7) is 7.76. The van der Waals surface area contributed by atoms with E-state index in [2.05, 4.69) is 17.1 Å². The van der Waals surface area contributed by atoms with Crippen LogP contribution in [0.25, 0.3) is 0 Å². The molecule has 34 heavy (non-hydrogen) atoms. The molecule has 1 N–H and O–H groups in total. The number of likely N-dealkylation sites (N-methyl/N-ethyl adjacent to an activating group) is 1.